The quantitative estimate of drug-likeness (QED) is 0.720. The van der Waals surface area contributed by atoms with Crippen LogP contribution in [0.5, 0.6) is 0 Å². The summed E-state index contributed by atoms with van der Waals surface area (Å²) in [5, 5.41) is 7.38. The number of nitrogens with zero attached hydrogens (tertiary/aromatic N) is 1. The van der Waals surface area contributed by atoms with Crippen LogP contribution >= 0.6 is 0 Å². The first kappa shape index (κ1) is 8.75. The zero-order chi connectivity index (χ0) is 9.10. The molecule has 1 atom stereocenters. The number of nitrogens with one attached hydrogen (secondary N) is 1. The van der Waals surface area contributed by atoms with Crippen molar-refractivity contribution >= 4 is 0 Å². The van der Waals surface area contributed by atoms with Crippen LogP contribution in [0.3, 0.4) is 0 Å². The van der Waals surface area contributed by atoms with Gasteiger partial charge in [0, 0.05) is 6.07 Å². The second-order valence-corrected chi connectivity index (χ2v) is 3.73. The minimum atomic E-state index is 0.392. The van der Waals surface area contributed by atoms with Crippen LogP contribution in [0, 0.1) is 6.92 Å². The predicted octanol–water partition coefficient (Wildman–Crippen LogP) is 2.19. The smallest absolute Gasteiger partial charge is 0.153 e. The van der Waals surface area contributed by atoms with E-state index in [4.69, 9.17) is 4.52 Å². The van der Waals surface area contributed by atoms with Gasteiger partial charge in [0.05, 0.1) is 11.7 Å². The molecule has 0 bridgehead atoms. The highest BCUT2D eigenvalue weighted by Crippen LogP contribution is 2.22. The van der Waals surface area contributed by atoms with Crippen LogP contribution in [-0.4, -0.2) is 11.7 Å². The van der Waals surface area contributed by atoms with Crippen molar-refractivity contribution < 1.29 is 4.52 Å². The Morgan fingerprint density at radius 3 is 3.15 bits per heavy atom. The number of rotatable bonds is 1. The molecule has 0 amide bonds. The molecule has 72 valence electrons. The minimum Gasteiger partial charge on any atom is -0.359 e. The fraction of sp³-hybridized carbons (Fsp3) is 0.700. The van der Waals surface area contributed by atoms with Gasteiger partial charge in [-0.3, -0.25) is 0 Å². The maximum atomic E-state index is 5.25. The molecule has 1 N–H and O–H groups in total. The third-order valence-corrected chi connectivity index (χ3v) is 2.55. The molecule has 3 nitrogen and oxygen atoms in total. The van der Waals surface area contributed by atoms with E-state index in [-0.39, 0.29) is 0 Å². The maximum Gasteiger partial charge on any atom is 0.153 e. The van der Waals surface area contributed by atoms with Gasteiger partial charge in [-0.1, -0.05) is 18.0 Å². The van der Waals surface area contributed by atoms with Crippen molar-refractivity contribution in [1.29, 1.82) is 0 Å². The van der Waals surface area contributed by atoms with Gasteiger partial charge in [-0.05, 0) is 26.3 Å². The fourth-order valence-electron chi connectivity index (χ4n) is 1.82. The summed E-state index contributed by atoms with van der Waals surface area (Å²) >= 11 is 0. The van der Waals surface area contributed by atoms with Gasteiger partial charge in [-0.15, -0.1) is 0 Å². The first-order valence-corrected chi connectivity index (χ1v) is 5.03. The number of aryl methyl sites for hydroxylation is 1. The SMILES string of the molecule is Cc1cc(C2CCCCCN2)on1. The van der Waals surface area contributed by atoms with Crippen LogP contribution in [-0.2, 0) is 0 Å². The molecule has 1 saturated heterocycles. The molecule has 1 aromatic rings. The lowest BCUT2D eigenvalue weighted by atomic mass is 10.1. The molecule has 0 spiro atoms. The Labute approximate surface area is 78.5 Å². The highest BCUT2D eigenvalue weighted by molar-refractivity contribution is 5.07. The Kier molecular flexibility index (Phi) is 2.64. The van der Waals surface area contributed by atoms with E-state index in [1.165, 1.54) is 25.7 Å². The van der Waals surface area contributed by atoms with Gasteiger partial charge in [0.25, 0.3) is 0 Å². The summed E-state index contributed by atoms with van der Waals surface area (Å²) in [5.41, 5.74) is 0.973. The normalized spacial score (nSPS) is 24.2. The van der Waals surface area contributed by atoms with Crippen molar-refractivity contribution in [1.82, 2.24) is 10.5 Å². The molecule has 2 heterocycles. The van der Waals surface area contributed by atoms with E-state index in [9.17, 15) is 0 Å². The highest BCUT2D eigenvalue weighted by Gasteiger charge is 2.17. The van der Waals surface area contributed by atoms with Crippen LogP contribution in [0.25, 0.3) is 0 Å². The summed E-state index contributed by atoms with van der Waals surface area (Å²) < 4.78 is 5.25. The fourth-order valence-corrected chi connectivity index (χ4v) is 1.82. The zero-order valence-corrected chi connectivity index (χ0v) is 8.05. The second-order valence-electron chi connectivity index (χ2n) is 3.73. The van der Waals surface area contributed by atoms with Crippen LogP contribution in [0.15, 0.2) is 10.6 Å². The summed E-state index contributed by atoms with van der Waals surface area (Å²) in [6.07, 6.45) is 5.08. The maximum absolute atomic E-state index is 5.25. The Hall–Kier alpha value is -0.830. The van der Waals surface area contributed by atoms with Crippen molar-refractivity contribution in [2.75, 3.05) is 6.54 Å². The van der Waals surface area contributed by atoms with Gasteiger partial charge in [-0.2, -0.15) is 0 Å². The topological polar surface area (TPSA) is 38.1 Å². The zero-order valence-electron chi connectivity index (χ0n) is 8.05. The first-order chi connectivity index (χ1) is 6.36. The van der Waals surface area contributed by atoms with Crippen molar-refractivity contribution in [2.24, 2.45) is 0 Å². The Morgan fingerprint density at radius 2 is 2.38 bits per heavy atom. The van der Waals surface area contributed by atoms with Crippen molar-refractivity contribution in [3.05, 3.63) is 17.5 Å². The lowest BCUT2D eigenvalue weighted by Crippen LogP contribution is -2.19. The molecule has 1 aliphatic heterocycles. The standard InChI is InChI=1S/C10H16N2O/c1-8-7-10(13-12-8)9-5-3-2-4-6-11-9/h7,9,11H,2-6H2,1H3. The molecule has 13 heavy (non-hydrogen) atoms. The molecule has 1 aliphatic rings. The number of aromatic nitrogens is 1. The molecule has 0 aliphatic carbocycles. The van der Waals surface area contributed by atoms with Gasteiger partial charge in [0.2, 0.25) is 0 Å². The molecule has 2 rings (SSSR count). The van der Waals surface area contributed by atoms with E-state index in [1.54, 1.807) is 0 Å². The lowest BCUT2D eigenvalue weighted by Gasteiger charge is -2.10. The molecule has 0 radical (unpaired) electrons. The summed E-state index contributed by atoms with van der Waals surface area (Å²) in [5.74, 6) is 0.999. The number of hydrogen-bond donors (Lipinski definition) is 1. The molecule has 1 fully saturated rings. The Balaban J connectivity index is 2.06. The largest absolute Gasteiger partial charge is 0.359 e. The van der Waals surface area contributed by atoms with E-state index in [1.807, 2.05) is 13.0 Å². The van der Waals surface area contributed by atoms with Gasteiger partial charge in [0.1, 0.15) is 0 Å². The molecular formula is C10H16N2O. The average Bonchev–Trinajstić information content (AvgIpc) is 2.43. The Morgan fingerprint density at radius 1 is 1.46 bits per heavy atom. The third kappa shape index (κ3) is 2.10. The second kappa shape index (κ2) is 3.92. The molecule has 1 aromatic heterocycles. The van der Waals surface area contributed by atoms with Crippen molar-refractivity contribution in [2.45, 2.75) is 38.6 Å². The van der Waals surface area contributed by atoms with E-state index >= 15 is 0 Å². The first-order valence-electron chi connectivity index (χ1n) is 5.03. The van der Waals surface area contributed by atoms with Crippen molar-refractivity contribution in [3.63, 3.8) is 0 Å². The molecule has 1 unspecified atom stereocenters. The van der Waals surface area contributed by atoms with Crippen LogP contribution in [0.4, 0.5) is 0 Å². The lowest BCUT2D eigenvalue weighted by molar-refractivity contribution is 0.332. The average molecular weight is 180 g/mol. The van der Waals surface area contributed by atoms with Gasteiger partial charge in [-0.25, -0.2) is 0 Å². The van der Waals surface area contributed by atoms with Crippen LogP contribution in [0.1, 0.15) is 43.2 Å². The monoisotopic (exact) mass is 180 g/mol. The molecule has 0 saturated carbocycles. The predicted molar refractivity (Wildman–Crippen MR) is 50.5 cm³/mol. The third-order valence-electron chi connectivity index (χ3n) is 2.55. The van der Waals surface area contributed by atoms with Gasteiger partial charge < -0.3 is 9.84 Å². The van der Waals surface area contributed by atoms with E-state index in [0.29, 0.717) is 6.04 Å². The van der Waals surface area contributed by atoms with E-state index < -0.39 is 0 Å². The van der Waals surface area contributed by atoms with Crippen molar-refractivity contribution in [3.8, 4) is 0 Å². The summed E-state index contributed by atoms with van der Waals surface area (Å²) in [6, 6.07) is 2.42. The number of hydrogen-bond acceptors (Lipinski definition) is 3. The summed E-state index contributed by atoms with van der Waals surface area (Å²) in [4.78, 5) is 0. The van der Waals surface area contributed by atoms with E-state index in [0.717, 1.165) is 18.0 Å². The minimum absolute atomic E-state index is 0.392. The van der Waals surface area contributed by atoms with E-state index in [2.05, 4.69) is 10.5 Å². The van der Waals surface area contributed by atoms with Crippen LogP contribution < -0.4 is 5.32 Å². The van der Waals surface area contributed by atoms with Crippen LogP contribution in [0.2, 0.25) is 0 Å². The summed E-state index contributed by atoms with van der Waals surface area (Å²) in [6.45, 7) is 3.06. The molecule has 3 heteroatoms. The highest BCUT2D eigenvalue weighted by atomic mass is 16.5. The summed E-state index contributed by atoms with van der Waals surface area (Å²) in [7, 11) is 0. The van der Waals surface area contributed by atoms with Gasteiger partial charge >= 0.3 is 0 Å². The Bertz CT molecular complexity index is 262. The molecule has 0 aromatic carbocycles. The van der Waals surface area contributed by atoms with Gasteiger partial charge in [0.15, 0.2) is 5.76 Å². The molecular weight excluding hydrogens is 164 g/mol.